The van der Waals surface area contributed by atoms with Crippen molar-refractivity contribution in [3.05, 3.63) is 64.8 Å². The third-order valence-corrected chi connectivity index (χ3v) is 4.13. The standard InChI is InChI=1S/C18H15N5O/c1-11-16-13(14-7-3-4-8-19-14)10-15(21-17(16)22-23(11)2)12-6-5-9-20-18(12)24/h3-10H,1-2H3,(H,20,24). The SMILES string of the molecule is Cc1c2c(-c3ccccn3)cc(-c3ccc[nH]c3=O)nc2nn1C. The van der Waals surface area contributed by atoms with Crippen molar-refractivity contribution in [1.82, 2.24) is 24.7 Å². The van der Waals surface area contributed by atoms with Crippen LogP contribution in [0.1, 0.15) is 5.69 Å². The van der Waals surface area contributed by atoms with E-state index in [0.29, 0.717) is 16.9 Å². The Morgan fingerprint density at radius 2 is 1.96 bits per heavy atom. The number of pyridine rings is 3. The number of hydrogen-bond acceptors (Lipinski definition) is 4. The van der Waals surface area contributed by atoms with E-state index in [0.717, 1.165) is 22.3 Å². The van der Waals surface area contributed by atoms with Gasteiger partial charge in [0.05, 0.1) is 22.3 Å². The summed E-state index contributed by atoms with van der Waals surface area (Å²) in [6, 6.07) is 11.2. The lowest BCUT2D eigenvalue weighted by Crippen LogP contribution is -2.08. The van der Waals surface area contributed by atoms with Crippen LogP contribution in [-0.4, -0.2) is 24.7 Å². The molecule has 0 aromatic carbocycles. The van der Waals surface area contributed by atoms with Crippen LogP contribution in [0.3, 0.4) is 0 Å². The second-order valence-electron chi connectivity index (χ2n) is 5.59. The van der Waals surface area contributed by atoms with Crippen LogP contribution in [-0.2, 0) is 7.05 Å². The highest BCUT2D eigenvalue weighted by Gasteiger charge is 2.17. The molecule has 1 N–H and O–H groups in total. The first-order valence-electron chi connectivity index (χ1n) is 7.59. The summed E-state index contributed by atoms with van der Waals surface area (Å²) >= 11 is 0. The number of hydrogen-bond donors (Lipinski definition) is 1. The molecule has 0 bridgehead atoms. The zero-order valence-corrected chi connectivity index (χ0v) is 13.3. The fourth-order valence-electron chi connectivity index (χ4n) is 2.82. The molecule has 6 heteroatoms. The van der Waals surface area contributed by atoms with Crippen LogP contribution in [0.15, 0.2) is 53.6 Å². The molecule has 0 spiro atoms. The molecule has 0 saturated carbocycles. The third kappa shape index (κ3) is 2.20. The molecule has 24 heavy (non-hydrogen) atoms. The third-order valence-electron chi connectivity index (χ3n) is 4.13. The lowest BCUT2D eigenvalue weighted by atomic mass is 10.0. The van der Waals surface area contributed by atoms with Gasteiger partial charge in [0, 0.05) is 30.7 Å². The zero-order chi connectivity index (χ0) is 16.7. The van der Waals surface area contributed by atoms with E-state index in [9.17, 15) is 4.79 Å². The van der Waals surface area contributed by atoms with Gasteiger partial charge in [-0.05, 0) is 37.3 Å². The van der Waals surface area contributed by atoms with E-state index in [4.69, 9.17) is 0 Å². The minimum Gasteiger partial charge on any atom is -0.329 e. The molecule has 0 aliphatic heterocycles. The van der Waals surface area contributed by atoms with Crippen molar-refractivity contribution in [3.8, 4) is 22.5 Å². The average molecular weight is 317 g/mol. The molecule has 0 unspecified atom stereocenters. The number of rotatable bonds is 2. The molecule has 0 radical (unpaired) electrons. The highest BCUT2D eigenvalue weighted by Crippen LogP contribution is 2.31. The molecule has 4 heterocycles. The number of aromatic nitrogens is 5. The molecular formula is C18H15N5O. The summed E-state index contributed by atoms with van der Waals surface area (Å²) < 4.78 is 1.79. The van der Waals surface area contributed by atoms with Gasteiger partial charge in [-0.2, -0.15) is 5.10 Å². The summed E-state index contributed by atoms with van der Waals surface area (Å²) in [4.78, 5) is 23.9. The van der Waals surface area contributed by atoms with Gasteiger partial charge in [-0.1, -0.05) is 6.07 Å². The molecule has 0 saturated heterocycles. The topological polar surface area (TPSA) is 76.5 Å². The van der Waals surface area contributed by atoms with E-state index >= 15 is 0 Å². The zero-order valence-electron chi connectivity index (χ0n) is 13.3. The van der Waals surface area contributed by atoms with Crippen LogP contribution in [0.5, 0.6) is 0 Å². The van der Waals surface area contributed by atoms with Gasteiger partial charge in [0.1, 0.15) is 0 Å². The Morgan fingerprint density at radius 1 is 1.08 bits per heavy atom. The second kappa shape index (κ2) is 5.42. The maximum absolute atomic E-state index is 12.1. The van der Waals surface area contributed by atoms with Gasteiger partial charge in [0.15, 0.2) is 5.65 Å². The van der Waals surface area contributed by atoms with Crippen LogP contribution in [0, 0.1) is 6.92 Å². The molecule has 118 valence electrons. The minimum atomic E-state index is -0.177. The van der Waals surface area contributed by atoms with E-state index in [-0.39, 0.29) is 5.56 Å². The monoisotopic (exact) mass is 317 g/mol. The van der Waals surface area contributed by atoms with Crippen molar-refractivity contribution in [2.24, 2.45) is 7.05 Å². The lowest BCUT2D eigenvalue weighted by Gasteiger charge is -2.07. The average Bonchev–Trinajstić information content (AvgIpc) is 2.90. The van der Waals surface area contributed by atoms with Crippen LogP contribution < -0.4 is 5.56 Å². The van der Waals surface area contributed by atoms with Crippen LogP contribution in [0.25, 0.3) is 33.5 Å². The van der Waals surface area contributed by atoms with Crippen molar-refractivity contribution < 1.29 is 0 Å². The quantitative estimate of drug-likeness (QED) is 0.616. The Balaban J connectivity index is 2.09. The normalized spacial score (nSPS) is 11.1. The summed E-state index contributed by atoms with van der Waals surface area (Å²) in [5.41, 5.74) is 4.29. The summed E-state index contributed by atoms with van der Waals surface area (Å²) in [5, 5.41) is 5.43. The molecule has 4 aromatic heterocycles. The number of nitrogens with zero attached hydrogens (tertiary/aromatic N) is 4. The fraction of sp³-hybridized carbons (Fsp3) is 0.111. The van der Waals surface area contributed by atoms with Crippen molar-refractivity contribution >= 4 is 11.0 Å². The van der Waals surface area contributed by atoms with Gasteiger partial charge in [-0.15, -0.1) is 0 Å². The van der Waals surface area contributed by atoms with Gasteiger partial charge in [-0.3, -0.25) is 14.5 Å². The maximum atomic E-state index is 12.1. The van der Waals surface area contributed by atoms with Gasteiger partial charge < -0.3 is 4.98 Å². The predicted molar refractivity (Wildman–Crippen MR) is 92.5 cm³/mol. The Hall–Kier alpha value is -3.28. The molecule has 0 amide bonds. The van der Waals surface area contributed by atoms with E-state index in [2.05, 4.69) is 20.1 Å². The number of H-pyrrole nitrogens is 1. The van der Waals surface area contributed by atoms with Gasteiger partial charge in [0.2, 0.25) is 0 Å². The molecule has 0 fully saturated rings. The van der Waals surface area contributed by atoms with Crippen molar-refractivity contribution in [3.63, 3.8) is 0 Å². The van der Waals surface area contributed by atoms with E-state index in [1.165, 1.54) is 0 Å². The Labute approximate surface area is 137 Å². The summed E-state index contributed by atoms with van der Waals surface area (Å²) in [5.74, 6) is 0. The number of nitrogens with one attached hydrogen (secondary N) is 1. The van der Waals surface area contributed by atoms with E-state index in [1.807, 2.05) is 38.2 Å². The predicted octanol–water partition coefficient (Wildman–Crippen LogP) is 2.69. The van der Waals surface area contributed by atoms with E-state index in [1.54, 1.807) is 29.2 Å². The first-order valence-corrected chi connectivity index (χ1v) is 7.59. The fourth-order valence-corrected chi connectivity index (χ4v) is 2.82. The maximum Gasteiger partial charge on any atom is 0.257 e. The Kier molecular flexibility index (Phi) is 3.23. The second-order valence-corrected chi connectivity index (χ2v) is 5.59. The van der Waals surface area contributed by atoms with Crippen molar-refractivity contribution in [2.45, 2.75) is 6.92 Å². The number of aromatic amines is 1. The summed E-state index contributed by atoms with van der Waals surface area (Å²) in [7, 11) is 1.88. The van der Waals surface area contributed by atoms with E-state index < -0.39 is 0 Å². The van der Waals surface area contributed by atoms with Gasteiger partial charge in [0.25, 0.3) is 5.56 Å². The highest BCUT2D eigenvalue weighted by molar-refractivity contribution is 5.95. The lowest BCUT2D eigenvalue weighted by molar-refractivity contribution is 0.748. The molecule has 6 nitrogen and oxygen atoms in total. The molecule has 4 aromatic rings. The van der Waals surface area contributed by atoms with Gasteiger partial charge in [-0.25, -0.2) is 4.98 Å². The number of aryl methyl sites for hydroxylation is 2. The first-order chi connectivity index (χ1) is 11.6. The first kappa shape index (κ1) is 14.3. The molecule has 4 rings (SSSR count). The Morgan fingerprint density at radius 3 is 2.71 bits per heavy atom. The van der Waals surface area contributed by atoms with Crippen LogP contribution in [0.4, 0.5) is 0 Å². The summed E-state index contributed by atoms with van der Waals surface area (Å²) in [6.07, 6.45) is 3.36. The van der Waals surface area contributed by atoms with Crippen LogP contribution >= 0.6 is 0 Å². The molecule has 0 atom stereocenters. The van der Waals surface area contributed by atoms with Crippen molar-refractivity contribution in [1.29, 1.82) is 0 Å². The van der Waals surface area contributed by atoms with Gasteiger partial charge >= 0.3 is 0 Å². The largest absolute Gasteiger partial charge is 0.329 e. The number of fused-ring (bicyclic) bond motifs is 1. The minimum absolute atomic E-state index is 0.177. The highest BCUT2D eigenvalue weighted by atomic mass is 16.1. The summed E-state index contributed by atoms with van der Waals surface area (Å²) in [6.45, 7) is 2.00. The van der Waals surface area contributed by atoms with Crippen LogP contribution in [0.2, 0.25) is 0 Å². The molecule has 0 aliphatic carbocycles. The Bertz CT molecular complexity index is 1100. The molecular weight excluding hydrogens is 302 g/mol. The van der Waals surface area contributed by atoms with Crippen molar-refractivity contribution in [2.75, 3.05) is 0 Å². The molecule has 0 aliphatic rings. The smallest absolute Gasteiger partial charge is 0.257 e.